The van der Waals surface area contributed by atoms with Gasteiger partial charge in [-0.2, -0.15) is 0 Å². The zero-order valence-corrected chi connectivity index (χ0v) is 9.81. The molecule has 0 saturated carbocycles. The largest absolute Gasteiger partial charge is 0.383 e. The zero-order valence-electron chi connectivity index (χ0n) is 9.81. The van der Waals surface area contributed by atoms with Gasteiger partial charge in [-0.25, -0.2) is 0 Å². The molecule has 0 aromatic heterocycles. The summed E-state index contributed by atoms with van der Waals surface area (Å²) in [7, 11) is 3.93. The van der Waals surface area contributed by atoms with Gasteiger partial charge in [-0.1, -0.05) is 6.42 Å². The highest BCUT2D eigenvalue weighted by Gasteiger charge is 2.27. The Morgan fingerprint density at radius 1 is 1.43 bits per heavy atom. The molecule has 1 saturated heterocycles. The maximum Gasteiger partial charge on any atom is 0.0589 e. The van der Waals surface area contributed by atoms with Gasteiger partial charge in [-0.3, -0.25) is 0 Å². The van der Waals surface area contributed by atoms with E-state index in [1.54, 1.807) is 7.11 Å². The highest BCUT2D eigenvalue weighted by molar-refractivity contribution is 4.88. The maximum absolute atomic E-state index is 5.07. The fraction of sp³-hybridized carbons (Fsp3) is 1.00. The Morgan fingerprint density at radius 2 is 2.21 bits per heavy atom. The quantitative estimate of drug-likeness (QED) is 0.719. The van der Waals surface area contributed by atoms with Crippen LogP contribution in [0.25, 0.3) is 0 Å². The zero-order chi connectivity index (χ0) is 10.4. The molecule has 1 fully saturated rings. The van der Waals surface area contributed by atoms with Gasteiger partial charge in [0.15, 0.2) is 0 Å². The van der Waals surface area contributed by atoms with Crippen LogP contribution in [0.3, 0.4) is 0 Å². The van der Waals surface area contributed by atoms with Crippen LogP contribution in [0.2, 0.25) is 0 Å². The van der Waals surface area contributed by atoms with Crippen LogP contribution in [0.1, 0.15) is 26.2 Å². The molecule has 0 radical (unpaired) electrons. The molecule has 1 atom stereocenters. The number of nitrogens with one attached hydrogen (secondary N) is 1. The summed E-state index contributed by atoms with van der Waals surface area (Å²) in [4.78, 5) is 2.35. The van der Waals surface area contributed by atoms with E-state index >= 15 is 0 Å². The number of methoxy groups -OCH3 is 1. The van der Waals surface area contributed by atoms with E-state index in [0.29, 0.717) is 5.54 Å². The fourth-order valence-corrected chi connectivity index (χ4v) is 2.18. The Bertz CT molecular complexity index is 155. The summed E-state index contributed by atoms with van der Waals surface area (Å²) in [5.41, 5.74) is 0.320. The lowest BCUT2D eigenvalue weighted by Gasteiger charge is -2.38. The van der Waals surface area contributed by atoms with Crippen molar-refractivity contribution in [3.63, 3.8) is 0 Å². The first-order chi connectivity index (χ1) is 6.66. The Balaban J connectivity index is 2.25. The van der Waals surface area contributed by atoms with Gasteiger partial charge >= 0.3 is 0 Å². The minimum absolute atomic E-state index is 0.320. The van der Waals surface area contributed by atoms with Crippen molar-refractivity contribution in [3.8, 4) is 0 Å². The molecule has 3 nitrogen and oxygen atoms in total. The molecular formula is C11H24N2O. The van der Waals surface area contributed by atoms with Gasteiger partial charge in [0.1, 0.15) is 0 Å². The molecular weight excluding hydrogens is 176 g/mol. The van der Waals surface area contributed by atoms with E-state index in [4.69, 9.17) is 4.74 Å². The van der Waals surface area contributed by atoms with E-state index in [9.17, 15) is 0 Å². The van der Waals surface area contributed by atoms with E-state index in [1.165, 1.54) is 25.8 Å². The van der Waals surface area contributed by atoms with Crippen LogP contribution in [0.4, 0.5) is 0 Å². The maximum atomic E-state index is 5.07. The third-order valence-corrected chi connectivity index (χ3v) is 3.00. The van der Waals surface area contributed by atoms with Crippen molar-refractivity contribution in [2.75, 3.05) is 40.4 Å². The third-order valence-electron chi connectivity index (χ3n) is 3.00. The normalized spacial score (nSPS) is 28.3. The van der Waals surface area contributed by atoms with Crippen LogP contribution in [-0.2, 0) is 4.74 Å². The van der Waals surface area contributed by atoms with Crippen LogP contribution >= 0.6 is 0 Å². The van der Waals surface area contributed by atoms with E-state index in [2.05, 4.69) is 24.2 Å². The number of piperidine rings is 1. The lowest BCUT2D eigenvalue weighted by molar-refractivity contribution is 0.132. The van der Waals surface area contributed by atoms with Gasteiger partial charge < -0.3 is 15.0 Å². The molecule has 1 aliphatic rings. The predicted molar refractivity (Wildman–Crippen MR) is 59.6 cm³/mol. The standard InChI is InChI=1S/C11H24N2O/c1-11(6-4-5-7-12-11)10-13(2)8-9-14-3/h12H,4-10H2,1-3H3. The van der Waals surface area contributed by atoms with Gasteiger partial charge in [-0.05, 0) is 33.4 Å². The molecule has 3 heteroatoms. The Labute approximate surface area is 87.8 Å². The lowest BCUT2D eigenvalue weighted by atomic mass is 9.90. The van der Waals surface area contributed by atoms with Crippen molar-refractivity contribution >= 4 is 0 Å². The summed E-state index contributed by atoms with van der Waals surface area (Å²) in [5, 5.41) is 3.62. The molecule has 1 N–H and O–H groups in total. The second kappa shape index (κ2) is 5.69. The number of ether oxygens (including phenoxy) is 1. The van der Waals surface area contributed by atoms with Gasteiger partial charge in [0, 0.05) is 25.7 Å². The topological polar surface area (TPSA) is 24.5 Å². The molecule has 0 aliphatic carbocycles. The average molecular weight is 200 g/mol. The van der Waals surface area contributed by atoms with Crippen molar-refractivity contribution in [3.05, 3.63) is 0 Å². The molecule has 1 rings (SSSR count). The van der Waals surface area contributed by atoms with Crippen LogP contribution in [0.5, 0.6) is 0 Å². The molecule has 0 amide bonds. The van der Waals surface area contributed by atoms with Crippen molar-refractivity contribution in [2.24, 2.45) is 0 Å². The summed E-state index contributed by atoms with van der Waals surface area (Å²) in [6.07, 6.45) is 3.99. The molecule has 84 valence electrons. The van der Waals surface area contributed by atoms with Crippen molar-refractivity contribution in [1.82, 2.24) is 10.2 Å². The van der Waals surface area contributed by atoms with Crippen LogP contribution in [0.15, 0.2) is 0 Å². The van der Waals surface area contributed by atoms with Gasteiger partial charge in [0.25, 0.3) is 0 Å². The average Bonchev–Trinajstić information content (AvgIpc) is 2.15. The molecule has 0 bridgehead atoms. The monoisotopic (exact) mass is 200 g/mol. The predicted octanol–water partition coefficient (Wildman–Crippen LogP) is 1.10. The van der Waals surface area contributed by atoms with Crippen LogP contribution < -0.4 is 5.32 Å². The number of nitrogens with zero attached hydrogens (tertiary/aromatic N) is 1. The molecule has 0 aromatic carbocycles. The van der Waals surface area contributed by atoms with E-state index < -0.39 is 0 Å². The van der Waals surface area contributed by atoms with E-state index in [-0.39, 0.29) is 0 Å². The van der Waals surface area contributed by atoms with Crippen molar-refractivity contribution in [1.29, 1.82) is 0 Å². The molecule has 14 heavy (non-hydrogen) atoms. The molecule has 0 aromatic rings. The Morgan fingerprint density at radius 3 is 2.79 bits per heavy atom. The number of hydrogen-bond acceptors (Lipinski definition) is 3. The summed E-state index contributed by atoms with van der Waals surface area (Å²) in [6, 6.07) is 0. The molecule has 0 spiro atoms. The van der Waals surface area contributed by atoms with Gasteiger partial charge in [-0.15, -0.1) is 0 Å². The number of hydrogen-bond donors (Lipinski definition) is 1. The van der Waals surface area contributed by atoms with Crippen molar-refractivity contribution < 1.29 is 4.74 Å². The van der Waals surface area contributed by atoms with Crippen molar-refractivity contribution in [2.45, 2.75) is 31.7 Å². The molecule has 1 aliphatic heterocycles. The number of rotatable bonds is 5. The van der Waals surface area contributed by atoms with E-state index in [0.717, 1.165) is 19.7 Å². The van der Waals surface area contributed by atoms with Crippen LogP contribution in [-0.4, -0.2) is 50.8 Å². The summed E-state index contributed by atoms with van der Waals surface area (Å²) in [6.45, 7) is 6.47. The number of likely N-dealkylation sites (N-methyl/N-ethyl adjacent to an activating group) is 1. The lowest BCUT2D eigenvalue weighted by Crippen LogP contribution is -2.53. The first kappa shape index (κ1) is 12.0. The first-order valence-corrected chi connectivity index (χ1v) is 5.59. The minimum Gasteiger partial charge on any atom is -0.383 e. The second-order valence-electron chi connectivity index (χ2n) is 4.68. The second-order valence-corrected chi connectivity index (χ2v) is 4.68. The Hall–Kier alpha value is -0.120. The van der Waals surface area contributed by atoms with E-state index in [1.807, 2.05) is 0 Å². The van der Waals surface area contributed by atoms with Gasteiger partial charge in [0.2, 0.25) is 0 Å². The summed E-state index contributed by atoms with van der Waals surface area (Å²) in [5.74, 6) is 0. The SMILES string of the molecule is COCCN(C)CC1(C)CCCCN1. The minimum atomic E-state index is 0.320. The smallest absolute Gasteiger partial charge is 0.0589 e. The first-order valence-electron chi connectivity index (χ1n) is 5.59. The third kappa shape index (κ3) is 3.95. The molecule has 1 unspecified atom stereocenters. The summed E-state index contributed by atoms with van der Waals surface area (Å²) >= 11 is 0. The molecule has 1 heterocycles. The highest BCUT2D eigenvalue weighted by atomic mass is 16.5. The summed E-state index contributed by atoms with van der Waals surface area (Å²) < 4.78 is 5.07. The highest BCUT2D eigenvalue weighted by Crippen LogP contribution is 2.19. The fourth-order valence-electron chi connectivity index (χ4n) is 2.18. The van der Waals surface area contributed by atoms with Crippen LogP contribution in [0, 0.1) is 0 Å². The Kier molecular flexibility index (Phi) is 4.85. The van der Waals surface area contributed by atoms with Gasteiger partial charge in [0.05, 0.1) is 6.61 Å².